The molecule has 6 nitrogen and oxygen atoms in total. The minimum absolute atomic E-state index is 0.0554. The summed E-state index contributed by atoms with van der Waals surface area (Å²) >= 11 is 0. The molecule has 1 aromatic rings. The molecule has 0 aliphatic rings. The molecular formula is C13H19N3O3. The first kappa shape index (κ1) is 14.9. The molecule has 1 rings (SSSR count). The molecule has 0 aromatic heterocycles. The van der Waals surface area contributed by atoms with Gasteiger partial charge in [-0.1, -0.05) is 20.3 Å². The van der Waals surface area contributed by atoms with Crippen molar-refractivity contribution >= 4 is 17.3 Å². The van der Waals surface area contributed by atoms with Crippen LogP contribution in [0.2, 0.25) is 0 Å². The number of carbonyl (C=O) groups is 1. The van der Waals surface area contributed by atoms with Crippen LogP contribution < -0.4 is 11.1 Å². The standard InChI is InChI=1S/C13H19N3O3/c1-4-8(2)9(3)15-11-7-10(13(14)17)5-6-12(11)16(18)19/h5-9,15H,4H2,1-3H3,(H2,14,17). The van der Waals surface area contributed by atoms with Crippen molar-refractivity contribution in [3.63, 3.8) is 0 Å². The van der Waals surface area contributed by atoms with Crippen molar-refractivity contribution in [1.29, 1.82) is 0 Å². The lowest BCUT2D eigenvalue weighted by atomic mass is 10.0. The highest BCUT2D eigenvalue weighted by molar-refractivity contribution is 5.94. The number of nitrogens with one attached hydrogen (secondary N) is 1. The van der Waals surface area contributed by atoms with Gasteiger partial charge in [-0.3, -0.25) is 14.9 Å². The number of benzene rings is 1. The van der Waals surface area contributed by atoms with E-state index in [2.05, 4.69) is 19.2 Å². The van der Waals surface area contributed by atoms with Crippen molar-refractivity contribution in [3.05, 3.63) is 33.9 Å². The highest BCUT2D eigenvalue weighted by Crippen LogP contribution is 2.27. The smallest absolute Gasteiger partial charge is 0.292 e. The number of primary amides is 1. The Balaban J connectivity index is 3.11. The lowest BCUT2D eigenvalue weighted by Crippen LogP contribution is -2.24. The number of amides is 1. The molecule has 0 bridgehead atoms. The Morgan fingerprint density at radius 3 is 2.58 bits per heavy atom. The molecule has 6 heteroatoms. The molecule has 3 N–H and O–H groups in total. The molecule has 1 amide bonds. The van der Waals surface area contributed by atoms with Crippen LogP contribution in [0.3, 0.4) is 0 Å². The first-order chi connectivity index (χ1) is 8.86. The lowest BCUT2D eigenvalue weighted by molar-refractivity contribution is -0.384. The van der Waals surface area contributed by atoms with Crippen LogP contribution in [0.5, 0.6) is 0 Å². The summed E-state index contributed by atoms with van der Waals surface area (Å²) in [5, 5.41) is 14.1. The van der Waals surface area contributed by atoms with Crippen molar-refractivity contribution in [2.24, 2.45) is 11.7 Å². The maximum atomic E-state index is 11.1. The first-order valence-corrected chi connectivity index (χ1v) is 6.21. The number of hydrogen-bond acceptors (Lipinski definition) is 4. The van der Waals surface area contributed by atoms with Gasteiger partial charge in [-0.2, -0.15) is 0 Å². The molecule has 1 aromatic carbocycles. The highest BCUT2D eigenvalue weighted by Gasteiger charge is 2.19. The van der Waals surface area contributed by atoms with Crippen LogP contribution in [-0.2, 0) is 0 Å². The summed E-state index contributed by atoms with van der Waals surface area (Å²) in [5.74, 6) is -0.244. The SMILES string of the molecule is CCC(C)C(C)Nc1cc(C(N)=O)ccc1[N+](=O)[O-]. The van der Waals surface area contributed by atoms with Gasteiger partial charge in [0.2, 0.25) is 5.91 Å². The summed E-state index contributed by atoms with van der Waals surface area (Å²) < 4.78 is 0. The molecule has 2 unspecified atom stereocenters. The van der Waals surface area contributed by atoms with Crippen LogP contribution in [0.25, 0.3) is 0 Å². The molecule has 0 saturated heterocycles. The maximum Gasteiger partial charge on any atom is 0.292 e. The Morgan fingerprint density at radius 1 is 1.47 bits per heavy atom. The fourth-order valence-electron chi connectivity index (χ4n) is 1.71. The number of nitrogens with zero attached hydrogens (tertiary/aromatic N) is 1. The minimum atomic E-state index is -0.603. The number of rotatable bonds is 6. The number of hydrogen-bond donors (Lipinski definition) is 2. The molecule has 0 radical (unpaired) electrons. The molecule has 2 atom stereocenters. The molecule has 0 aliphatic heterocycles. The van der Waals surface area contributed by atoms with Gasteiger partial charge in [0.05, 0.1) is 4.92 Å². The number of nitro benzene ring substituents is 1. The van der Waals surface area contributed by atoms with Crippen molar-refractivity contribution in [2.75, 3.05) is 5.32 Å². The molecule has 104 valence electrons. The van der Waals surface area contributed by atoms with E-state index in [1.807, 2.05) is 6.92 Å². The van der Waals surface area contributed by atoms with E-state index in [1.54, 1.807) is 0 Å². The molecule has 19 heavy (non-hydrogen) atoms. The average molecular weight is 265 g/mol. The normalized spacial score (nSPS) is 13.6. The van der Waals surface area contributed by atoms with E-state index < -0.39 is 10.8 Å². The second-order valence-electron chi connectivity index (χ2n) is 4.67. The Hall–Kier alpha value is -2.11. The molecule has 0 heterocycles. The van der Waals surface area contributed by atoms with Crippen LogP contribution in [-0.4, -0.2) is 16.9 Å². The predicted molar refractivity (Wildman–Crippen MR) is 74.2 cm³/mol. The predicted octanol–water partition coefficient (Wildman–Crippen LogP) is 2.54. The second kappa shape index (κ2) is 6.17. The van der Waals surface area contributed by atoms with Gasteiger partial charge in [-0.05, 0) is 25.0 Å². The zero-order valence-electron chi connectivity index (χ0n) is 11.3. The summed E-state index contributed by atoms with van der Waals surface area (Å²) in [6.07, 6.45) is 0.956. The monoisotopic (exact) mass is 265 g/mol. The molecule has 0 aliphatic carbocycles. The highest BCUT2D eigenvalue weighted by atomic mass is 16.6. The van der Waals surface area contributed by atoms with E-state index in [0.29, 0.717) is 11.6 Å². The Bertz CT molecular complexity index is 488. The van der Waals surface area contributed by atoms with Gasteiger partial charge < -0.3 is 11.1 Å². The maximum absolute atomic E-state index is 11.1. The molecule has 0 spiro atoms. The average Bonchev–Trinajstić information content (AvgIpc) is 2.37. The van der Waals surface area contributed by atoms with Gasteiger partial charge in [0.1, 0.15) is 5.69 Å². The van der Waals surface area contributed by atoms with Crippen LogP contribution in [0.15, 0.2) is 18.2 Å². The van der Waals surface area contributed by atoms with Gasteiger partial charge in [-0.25, -0.2) is 0 Å². The topological polar surface area (TPSA) is 98.3 Å². The zero-order valence-corrected chi connectivity index (χ0v) is 11.3. The third kappa shape index (κ3) is 3.67. The Kier molecular flexibility index (Phi) is 4.86. The summed E-state index contributed by atoms with van der Waals surface area (Å²) in [6, 6.07) is 4.15. The van der Waals surface area contributed by atoms with Crippen molar-refractivity contribution in [1.82, 2.24) is 0 Å². The Morgan fingerprint density at radius 2 is 2.11 bits per heavy atom. The van der Waals surface area contributed by atoms with Crippen LogP contribution in [0, 0.1) is 16.0 Å². The molecular weight excluding hydrogens is 246 g/mol. The van der Waals surface area contributed by atoms with E-state index in [-0.39, 0.29) is 17.3 Å². The van der Waals surface area contributed by atoms with Crippen LogP contribution in [0.1, 0.15) is 37.6 Å². The number of nitro groups is 1. The summed E-state index contributed by atoms with van der Waals surface area (Å²) in [5.41, 5.74) is 5.72. The van der Waals surface area contributed by atoms with Gasteiger partial charge in [0.15, 0.2) is 0 Å². The van der Waals surface area contributed by atoms with E-state index >= 15 is 0 Å². The molecule has 0 saturated carbocycles. The summed E-state index contributed by atoms with van der Waals surface area (Å²) in [4.78, 5) is 21.6. The number of nitrogens with two attached hydrogens (primary N) is 1. The number of anilines is 1. The first-order valence-electron chi connectivity index (χ1n) is 6.21. The van der Waals surface area contributed by atoms with E-state index in [1.165, 1.54) is 18.2 Å². The van der Waals surface area contributed by atoms with Crippen LogP contribution >= 0.6 is 0 Å². The quantitative estimate of drug-likeness (QED) is 0.610. The van der Waals surface area contributed by atoms with E-state index in [9.17, 15) is 14.9 Å². The van der Waals surface area contributed by atoms with Gasteiger partial charge >= 0.3 is 0 Å². The number of carbonyl (C=O) groups excluding carboxylic acids is 1. The third-order valence-corrected chi connectivity index (χ3v) is 3.36. The van der Waals surface area contributed by atoms with Gasteiger partial charge in [0.25, 0.3) is 5.69 Å². The largest absolute Gasteiger partial charge is 0.377 e. The van der Waals surface area contributed by atoms with Crippen molar-refractivity contribution < 1.29 is 9.72 Å². The van der Waals surface area contributed by atoms with Crippen molar-refractivity contribution in [2.45, 2.75) is 33.2 Å². The summed E-state index contributed by atoms with van der Waals surface area (Å²) in [6.45, 7) is 6.06. The van der Waals surface area contributed by atoms with E-state index in [4.69, 9.17) is 5.73 Å². The Labute approximate surface area is 112 Å². The zero-order chi connectivity index (χ0) is 14.6. The second-order valence-corrected chi connectivity index (χ2v) is 4.67. The fraction of sp³-hybridized carbons (Fsp3) is 0.462. The van der Waals surface area contributed by atoms with Crippen molar-refractivity contribution in [3.8, 4) is 0 Å². The van der Waals surface area contributed by atoms with Gasteiger partial charge in [-0.15, -0.1) is 0 Å². The third-order valence-electron chi connectivity index (χ3n) is 3.36. The van der Waals surface area contributed by atoms with Crippen LogP contribution in [0.4, 0.5) is 11.4 Å². The minimum Gasteiger partial charge on any atom is -0.377 e. The molecule has 0 fully saturated rings. The fourth-order valence-corrected chi connectivity index (χ4v) is 1.71. The lowest BCUT2D eigenvalue weighted by Gasteiger charge is -2.21. The summed E-state index contributed by atoms with van der Waals surface area (Å²) in [7, 11) is 0. The van der Waals surface area contributed by atoms with E-state index in [0.717, 1.165) is 6.42 Å². The van der Waals surface area contributed by atoms with Gasteiger partial charge in [0, 0.05) is 17.7 Å².